The molecule has 0 saturated carbocycles. The summed E-state index contributed by atoms with van der Waals surface area (Å²) in [6, 6.07) is 1.63. The van der Waals surface area contributed by atoms with E-state index in [2.05, 4.69) is 15.5 Å². The predicted octanol–water partition coefficient (Wildman–Crippen LogP) is 0.607. The molecular weight excluding hydrogens is 182 g/mol. The Morgan fingerprint density at radius 2 is 2.50 bits per heavy atom. The van der Waals surface area contributed by atoms with E-state index in [1.165, 1.54) is 6.07 Å². The average molecular weight is 197 g/mol. The van der Waals surface area contributed by atoms with E-state index in [1.807, 2.05) is 13.8 Å². The molecule has 1 unspecified atom stereocenters. The summed E-state index contributed by atoms with van der Waals surface area (Å²) in [4.78, 5) is 10.9. The second kappa shape index (κ2) is 5.39. The van der Waals surface area contributed by atoms with Crippen LogP contribution in [0.15, 0.2) is 17.1 Å². The van der Waals surface area contributed by atoms with Gasteiger partial charge < -0.3 is 10.1 Å². The van der Waals surface area contributed by atoms with Crippen molar-refractivity contribution in [1.82, 2.24) is 10.2 Å². The third-order valence-corrected chi connectivity index (χ3v) is 1.65. The van der Waals surface area contributed by atoms with Crippen molar-refractivity contribution in [2.24, 2.45) is 0 Å². The van der Waals surface area contributed by atoms with Gasteiger partial charge in [0.1, 0.15) is 0 Å². The van der Waals surface area contributed by atoms with Crippen molar-refractivity contribution < 1.29 is 4.74 Å². The molecule has 1 atom stereocenters. The molecule has 0 radical (unpaired) electrons. The lowest BCUT2D eigenvalue weighted by Crippen LogP contribution is -2.22. The van der Waals surface area contributed by atoms with Gasteiger partial charge in [0.15, 0.2) is 0 Å². The Bertz CT molecular complexity index is 324. The summed E-state index contributed by atoms with van der Waals surface area (Å²) in [5, 5.41) is 9.10. The largest absolute Gasteiger partial charge is 0.380 e. The summed E-state index contributed by atoms with van der Waals surface area (Å²) in [6.07, 6.45) is 1.57. The first-order valence-electron chi connectivity index (χ1n) is 4.61. The number of aromatic amines is 1. The van der Waals surface area contributed by atoms with E-state index >= 15 is 0 Å². The highest BCUT2D eigenvalue weighted by atomic mass is 16.5. The third-order valence-electron chi connectivity index (χ3n) is 1.65. The number of nitrogens with one attached hydrogen (secondary N) is 2. The van der Waals surface area contributed by atoms with Crippen LogP contribution in [-0.2, 0) is 4.74 Å². The van der Waals surface area contributed by atoms with Gasteiger partial charge in [0.2, 0.25) is 0 Å². The number of H-pyrrole nitrogens is 1. The fourth-order valence-electron chi connectivity index (χ4n) is 1.08. The Kier molecular flexibility index (Phi) is 4.12. The number of aromatic nitrogens is 2. The molecule has 0 saturated heterocycles. The molecule has 0 fully saturated rings. The zero-order chi connectivity index (χ0) is 10.4. The first kappa shape index (κ1) is 10.7. The molecule has 1 aromatic rings. The Morgan fingerprint density at radius 3 is 3.14 bits per heavy atom. The molecule has 0 amide bonds. The number of hydrogen-bond acceptors (Lipinski definition) is 4. The first-order chi connectivity index (χ1) is 6.72. The van der Waals surface area contributed by atoms with E-state index in [0.29, 0.717) is 18.9 Å². The molecule has 0 spiro atoms. The van der Waals surface area contributed by atoms with Gasteiger partial charge in [0, 0.05) is 18.7 Å². The number of rotatable bonds is 5. The minimum absolute atomic E-state index is 0.165. The highest BCUT2D eigenvalue weighted by Crippen LogP contribution is 2.01. The van der Waals surface area contributed by atoms with Gasteiger partial charge in [-0.15, -0.1) is 0 Å². The number of hydrogen-bond donors (Lipinski definition) is 2. The summed E-state index contributed by atoms with van der Waals surface area (Å²) in [6.45, 7) is 5.24. The van der Waals surface area contributed by atoms with Crippen LogP contribution < -0.4 is 10.9 Å². The van der Waals surface area contributed by atoms with E-state index in [9.17, 15) is 4.79 Å². The third kappa shape index (κ3) is 3.57. The maximum Gasteiger partial charge on any atom is 0.266 e. The Labute approximate surface area is 82.5 Å². The standard InChI is InChI=1S/C9H15N3O2/c1-3-14-6-7(2)11-8-4-9(13)12-10-5-8/h4-5,7H,3,6H2,1-2H3,(H2,11,12,13). The molecule has 2 N–H and O–H groups in total. The molecular formula is C9H15N3O2. The summed E-state index contributed by atoms with van der Waals surface area (Å²) in [7, 11) is 0. The zero-order valence-electron chi connectivity index (χ0n) is 8.41. The fraction of sp³-hybridized carbons (Fsp3) is 0.556. The Balaban J connectivity index is 2.47. The first-order valence-corrected chi connectivity index (χ1v) is 4.61. The fourth-order valence-corrected chi connectivity index (χ4v) is 1.08. The van der Waals surface area contributed by atoms with Crippen LogP contribution in [0, 0.1) is 0 Å². The van der Waals surface area contributed by atoms with Crippen molar-refractivity contribution in [3.05, 3.63) is 22.6 Å². The van der Waals surface area contributed by atoms with Crippen LogP contribution in [0.25, 0.3) is 0 Å². The SMILES string of the molecule is CCOCC(C)Nc1cn[nH]c(=O)c1. The zero-order valence-corrected chi connectivity index (χ0v) is 8.41. The van der Waals surface area contributed by atoms with Crippen molar-refractivity contribution in [1.29, 1.82) is 0 Å². The lowest BCUT2D eigenvalue weighted by molar-refractivity contribution is 0.141. The van der Waals surface area contributed by atoms with Crippen molar-refractivity contribution in [2.45, 2.75) is 19.9 Å². The number of nitrogens with zero attached hydrogens (tertiary/aromatic N) is 1. The molecule has 5 heteroatoms. The van der Waals surface area contributed by atoms with Crippen LogP contribution in [0.1, 0.15) is 13.8 Å². The smallest absolute Gasteiger partial charge is 0.266 e. The highest BCUT2D eigenvalue weighted by Gasteiger charge is 2.01. The number of anilines is 1. The summed E-state index contributed by atoms with van der Waals surface area (Å²) < 4.78 is 5.23. The van der Waals surface area contributed by atoms with Gasteiger partial charge in [0.25, 0.3) is 5.56 Å². The summed E-state index contributed by atoms with van der Waals surface area (Å²) >= 11 is 0. The van der Waals surface area contributed by atoms with E-state index in [1.54, 1.807) is 6.20 Å². The molecule has 78 valence electrons. The molecule has 0 bridgehead atoms. The molecule has 5 nitrogen and oxygen atoms in total. The van der Waals surface area contributed by atoms with E-state index < -0.39 is 0 Å². The van der Waals surface area contributed by atoms with Crippen LogP contribution in [0.5, 0.6) is 0 Å². The topological polar surface area (TPSA) is 67.0 Å². The van der Waals surface area contributed by atoms with Gasteiger partial charge in [-0.3, -0.25) is 4.79 Å². The van der Waals surface area contributed by atoms with Gasteiger partial charge in [-0.05, 0) is 13.8 Å². The predicted molar refractivity (Wildman–Crippen MR) is 54.4 cm³/mol. The van der Waals surface area contributed by atoms with Gasteiger partial charge >= 0.3 is 0 Å². The van der Waals surface area contributed by atoms with E-state index in [-0.39, 0.29) is 11.6 Å². The molecule has 0 aliphatic heterocycles. The van der Waals surface area contributed by atoms with Crippen molar-refractivity contribution in [3.8, 4) is 0 Å². The van der Waals surface area contributed by atoms with Crippen LogP contribution in [0.3, 0.4) is 0 Å². The van der Waals surface area contributed by atoms with Crippen molar-refractivity contribution >= 4 is 5.69 Å². The normalized spacial score (nSPS) is 12.4. The minimum Gasteiger partial charge on any atom is -0.380 e. The van der Waals surface area contributed by atoms with Gasteiger partial charge in [-0.2, -0.15) is 5.10 Å². The van der Waals surface area contributed by atoms with E-state index in [4.69, 9.17) is 4.74 Å². The Morgan fingerprint density at radius 1 is 1.71 bits per heavy atom. The van der Waals surface area contributed by atoms with Crippen LogP contribution in [0.2, 0.25) is 0 Å². The van der Waals surface area contributed by atoms with Gasteiger partial charge in [0.05, 0.1) is 18.5 Å². The molecule has 0 aliphatic carbocycles. The second-order valence-electron chi connectivity index (χ2n) is 3.04. The van der Waals surface area contributed by atoms with Crippen molar-refractivity contribution in [2.75, 3.05) is 18.5 Å². The van der Waals surface area contributed by atoms with Crippen molar-refractivity contribution in [3.63, 3.8) is 0 Å². The minimum atomic E-state index is -0.210. The average Bonchev–Trinajstić information content (AvgIpc) is 2.15. The number of ether oxygens (including phenoxy) is 1. The maximum atomic E-state index is 10.9. The van der Waals surface area contributed by atoms with Gasteiger partial charge in [-0.1, -0.05) is 0 Å². The summed E-state index contributed by atoms with van der Waals surface area (Å²) in [5.74, 6) is 0. The molecule has 0 aliphatic rings. The molecule has 14 heavy (non-hydrogen) atoms. The maximum absolute atomic E-state index is 10.9. The molecule has 0 aromatic carbocycles. The molecule has 1 aromatic heterocycles. The van der Waals surface area contributed by atoms with Crippen LogP contribution in [0.4, 0.5) is 5.69 Å². The lowest BCUT2D eigenvalue weighted by Gasteiger charge is -2.13. The van der Waals surface area contributed by atoms with E-state index in [0.717, 1.165) is 0 Å². The monoisotopic (exact) mass is 197 g/mol. The van der Waals surface area contributed by atoms with Crippen LogP contribution in [-0.4, -0.2) is 29.5 Å². The second-order valence-corrected chi connectivity index (χ2v) is 3.04. The Hall–Kier alpha value is -1.36. The van der Waals surface area contributed by atoms with Crippen LogP contribution >= 0.6 is 0 Å². The lowest BCUT2D eigenvalue weighted by atomic mass is 10.3. The van der Waals surface area contributed by atoms with Gasteiger partial charge in [-0.25, -0.2) is 5.10 Å². The summed E-state index contributed by atoms with van der Waals surface area (Å²) in [5.41, 5.74) is 0.500. The quantitative estimate of drug-likeness (QED) is 0.725. The highest BCUT2D eigenvalue weighted by molar-refractivity contribution is 5.39. The molecule has 1 heterocycles. The molecule has 1 rings (SSSR count).